The molecule has 3 heteroatoms. The van der Waals surface area contributed by atoms with Crippen LogP contribution in [0.15, 0.2) is 6.07 Å². The first-order valence-corrected chi connectivity index (χ1v) is 5.39. The molecule has 0 atom stereocenters. The third kappa shape index (κ3) is 1.86. The minimum Gasteiger partial charge on any atom is -0.341 e. The van der Waals surface area contributed by atoms with Crippen molar-refractivity contribution in [2.75, 3.05) is 18.0 Å². The van der Waals surface area contributed by atoms with E-state index in [0.717, 1.165) is 36.8 Å². The zero-order valence-electron chi connectivity index (χ0n) is 8.95. The number of hydrogen-bond acceptors (Lipinski definition) is 3. The molecule has 1 saturated heterocycles. The Kier molecular flexibility index (Phi) is 2.66. The van der Waals surface area contributed by atoms with Crippen LogP contribution in [0.3, 0.4) is 0 Å². The van der Waals surface area contributed by atoms with Gasteiger partial charge >= 0.3 is 0 Å². The van der Waals surface area contributed by atoms with Crippen molar-refractivity contribution in [2.24, 2.45) is 0 Å². The fourth-order valence-corrected chi connectivity index (χ4v) is 1.86. The van der Waals surface area contributed by atoms with Gasteiger partial charge in [-0.2, -0.15) is 0 Å². The lowest BCUT2D eigenvalue weighted by Gasteiger charge is -2.16. The lowest BCUT2D eigenvalue weighted by Crippen LogP contribution is -2.21. The second-order valence-corrected chi connectivity index (χ2v) is 3.85. The zero-order valence-corrected chi connectivity index (χ0v) is 8.95. The van der Waals surface area contributed by atoms with Gasteiger partial charge in [0.1, 0.15) is 0 Å². The van der Waals surface area contributed by atoms with Gasteiger partial charge in [0, 0.05) is 24.5 Å². The van der Waals surface area contributed by atoms with Crippen LogP contribution in [0.1, 0.15) is 31.2 Å². The molecule has 1 aliphatic heterocycles. The maximum atomic E-state index is 4.55. The van der Waals surface area contributed by atoms with Crippen molar-refractivity contribution in [3.63, 3.8) is 0 Å². The van der Waals surface area contributed by atoms with E-state index in [4.69, 9.17) is 0 Å². The van der Waals surface area contributed by atoms with E-state index in [9.17, 15) is 0 Å². The topological polar surface area (TPSA) is 29.0 Å². The van der Waals surface area contributed by atoms with Crippen molar-refractivity contribution in [2.45, 2.75) is 33.1 Å². The van der Waals surface area contributed by atoms with Gasteiger partial charge in [-0.15, -0.1) is 0 Å². The summed E-state index contributed by atoms with van der Waals surface area (Å²) in [6, 6.07) is 2.07. The van der Waals surface area contributed by atoms with E-state index in [-0.39, 0.29) is 0 Å². The molecule has 0 spiro atoms. The Hall–Kier alpha value is -1.12. The van der Waals surface area contributed by atoms with Gasteiger partial charge in [-0.25, -0.2) is 9.97 Å². The van der Waals surface area contributed by atoms with Crippen LogP contribution < -0.4 is 4.90 Å². The predicted molar refractivity (Wildman–Crippen MR) is 57.6 cm³/mol. The summed E-state index contributed by atoms with van der Waals surface area (Å²) in [7, 11) is 0. The first kappa shape index (κ1) is 9.44. The van der Waals surface area contributed by atoms with E-state index in [1.54, 1.807) is 0 Å². The Labute approximate surface area is 85.2 Å². The van der Waals surface area contributed by atoms with Crippen LogP contribution in [0.4, 0.5) is 5.95 Å². The van der Waals surface area contributed by atoms with Gasteiger partial charge in [-0.05, 0) is 32.3 Å². The molecule has 1 fully saturated rings. The number of anilines is 1. The van der Waals surface area contributed by atoms with Gasteiger partial charge in [-0.3, -0.25) is 0 Å². The van der Waals surface area contributed by atoms with Crippen molar-refractivity contribution in [1.29, 1.82) is 0 Å². The smallest absolute Gasteiger partial charge is 0.225 e. The largest absolute Gasteiger partial charge is 0.341 e. The lowest BCUT2D eigenvalue weighted by molar-refractivity contribution is 0.864. The highest BCUT2D eigenvalue weighted by molar-refractivity contribution is 5.33. The van der Waals surface area contributed by atoms with Crippen LogP contribution in [0.2, 0.25) is 0 Å². The van der Waals surface area contributed by atoms with Crippen LogP contribution in [0, 0.1) is 6.92 Å². The molecule has 0 aliphatic carbocycles. The molecule has 0 aromatic carbocycles. The number of hydrogen-bond donors (Lipinski definition) is 0. The van der Waals surface area contributed by atoms with Crippen LogP contribution in [0.25, 0.3) is 0 Å². The summed E-state index contributed by atoms with van der Waals surface area (Å²) >= 11 is 0. The molecule has 0 saturated carbocycles. The standard InChI is InChI=1S/C11H17N3/c1-3-10-8-9(2)12-11(13-10)14-6-4-5-7-14/h8H,3-7H2,1-2H3. The molecule has 0 N–H and O–H groups in total. The number of nitrogens with zero attached hydrogens (tertiary/aromatic N) is 3. The van der Waals surface area contributed by atoms with E-state index in [1.165, 1.54) is 12.8 Å². The summed E-state index contributed by atoms with van der Waals surface area (Å²) in [5.41, 5.74) is 2.23. The molecule has 1 aromatic rings. The Morgan fingerprint density at radius 1 is 1.29 bits per heavy atom. The van der Waals surface area contributed by atoms with E-state index >= 15 is 0 Å². The van der Waals surface area contributed by atoms with Crippen LogP contribution in [0.5, 0.6) is 0 Å². The molecule has 3 nitrogen and oxygen atoms in total. The lowest BCUT2D eigenvalue weighted by atomic mass is 10.3. The molecular weight excluding hydrogens is 174 g/mol. The fraction of sp³-hybridized carbons (Fsp3) is 0.636. The van der Waals surface area contributed by atoms with Crippen molar-refractivity contribution in [1.82, 2.24) is 9.97 Å². The second-order valence-electron chi connectivity index (χ2n) is 3.85. The first-order chi connectivity index (χ1) is 6.79. The Morgan fingerprint density at radius 3 is 2.64 bits per heavy atom. The maximum Gasteiger partial charge on any atom is 0.225 e. The van der Waals surface area contributed by atoms with Crippen molar-refractivity contribution >= 4 is 5.95 Å². The van der Waals surface area contributed by atoms with Crippen molar-refractivity contribution < 1.29 is 0 Å². The molecule has 1 aromatic heterocycles. The molecule has 2 heterocycles. The third-order valence-electron chi connectivity index (χ3n) is 2.65. The van der Waals surface area contributed by atoms with Crippen molar-refractivity contribution in [3.8, 4) is 0 Å². The maximum absolute atomic E-state index is 4.55. The average Bonchev–Trinajstić information content (AvgIpc) is 2.69. The van der Waals surface area contributed by atoms with E-state index < -0.39 is 0 Å². The predicted octanol–water partition coefficient (Wildman–Crippen LogP) is 1.95. The Balaban J connectivity index is 2.27. The van der Waals surface area contributed by atoms with E-state index in [0.29, 0.717) is 0 Å². The quantitative estimate of drug-likeness (QED) is 0.715. The SMILES string of the molecule is CCc1cc(C)nc(N2CCCC2)n1. The minimum atomic E-state index is 0.930. The third-order valence-corrected chi connectivity index (χ3v) is 2.65. The summed E-state index contributed by atoms with van der Waals surface area (Å²) in [6.45, 7) is 6.41. The highest BCUT2D eigenvalue weighted by Gasteiger charge is 2.15. The molecule has 0 amide bonds. The summed E-state index contributed by atoms with van der Waals surface area (Å²) in [6.07, 6.45) is 3.54. The molecule has 0 radical (unpaired) electrons. The number of rotatable bonds is 2. The first-order valence-electron chi connectivity index (χ1n) is 5.39. The Bertz CT molecular complexity index is 316. The van der Waals surface area contributed by atoms with Gasteiger partial charge in [0.25, 0.3) is 0 Å². The molecule has 1 aliphatic rings. The van der Waals surface area contributed by atoms with Crippen LogP contribution in [-0.2, 0) is 6.42 Å². The Morgan fingerprint density at radius 2 is 2.00 bits per heavy atom. The summed E-state index contributed by atoms with van der Waals surface area (Å²) in [4.78, 5) is 11.3. The van der Waals surface area contributed by atoms with Gasteiger partial charge < -0.3 is 4.90 Å². The molecule has 2 rings (SSSR count). The zero-order chi connectivity index (χ0) is 9.97. The highest BCUT2D eigenvalue weighted by Crippen LogP contribution is 2.16. The summed E-state index contributed by atoms with van der Waals surface area (Å²) in [5, 5.41) is 0. The molecule has 14 heavy (non-hydrogen) atoms. The summed E-state index contributed by atoms with van der Waals surface area (Å²) < 4.78 is 0. The van der Waals surface area contributed by atoms with E-state index in [1.807, 2.05) is 6.92 Å². The molecular formula is C11H17N3. The monoisotopic (exact) mass is 191 g/mol. The van der Waals surface area contributed by atoms with Crippen LogP contribution in [-0.4, -0.2) is 23.1 Å². The number of aryl methyl sites for hydroxylation is 2. The molecule has 0 unspecified atom stereocenters. The van der Waals surface area contributed by atoms with Gasteiger partial charge in [-0.1, -0.05) is 6.92 Å². The minimum absolute atomic E-state index is 0.930. The highest BCUT2D eigenvalue weighted by atomic mass is 15.3. The second kappa shape index (κ2) is 3.95. The van der Waals surface area contributed by atoms with Crippen LogP contribution >= 0.6 is 0 Å². The molecule has 0 bridgehead atoms. The molecule has 76 valence electrons. The van der Waals surface area contributed by atoms with Crippen molar-refractivity contribution in [3.05, 3.63) is 17.5 Å². The van der Waals surface area contributed by atoms with Gasteiger partial charge in [0.15, 0.2) is 0 Å². The normalized spacial score (nSPS) is 16.3. The van der Waals surface area contributed by atoms with E-state index in [2.05, 4.69) is 27.9 Å². The summed E-state index contributed by atoms with van der Waals surface area (Å²) in [5.74, 6) is 0.930. The fourth-order valence-electron chi connectivity index (χ4n) is 1.86. The number of aromatic nitrogens is 2. The van der Waals surface area contributed by atoms with Gasteiger partial charge in [0.05, 0.1) is 0 Å². The average molecular weight is 191 g/mol. The van der Waals surface area contributed by atoms with Gasteiger partial charge in [0.2, 0.25) is 5.95 Å².